The number of carbonyl (C=O) groups excluding carboxylic acids is 1. The molecule has 3 aliphatic rings. The van der Waals surface area contributed by atoms with Crippen molar-refractivity contribution in [1.29, 1.82) is 5.26 Å². The number of likely N-dealkylation sites (tertiary alicyclic amines) is 1. The van der Waals surface area contributed by atoms with E-state index in [2.05, 4.69) is 11.0 Å². The first kappa shape index (κ1) is 15.8. The summed E-state index contributed by atoms with van der Waals surface area (Å²) in [6.45, 7) is 2.52. The van der Waals surface area contributed by atoms with E-state index in [9.17, 15) is 4.79 Å². The zero-order valence-corrected chi connectivity index (χ0v) is 13.5. The fourth-order valence-corrected chi connectivity index (χ4v) is 4.35. The zero-order chi connectivity index (χ0) is 15.4. The van der Waals surface area contributed by atoms with Gasteiger partial charge >= 0.3 is 5.97 Å². The van der Waals surface area contributed by atoms with Crippen LogP contribution in [0.2, 0.25) is 0 Å². The molecule has 0 aromatic heterocycles. The second-order valence-electron chi connectivity index (χ2n) is 7.29. The number of nitriles is 1. The van der Waals surface area contributed by atoms with Gasteiger partial charge in [-0.1, -0.05) is 0 Å². The van der Waals surface area contributed by atoms with Gasteiger partial charge in [-0.05, 0) is 77.3 Å². The van der Waals surface area contributed by atoms with E-state index in [-0.39, 0.29) is 23.9 Å². The van der Waals surface area contributed by atoms with Crippen LogP contribution in [0.4, 0.5) is 0 Å². The maximum absolute atomic E-state index is 12.3. The second kappa shape index (κ2) is 7.46. The number of hydrogen-bond acceptors (Lipinski definition) is 4. The Kier molecular flexibility index (Phi) is 5.36. The van der Waals surface area contributed by atoms with E-state index in [0.29, 0.717) is 0 Å². The van der Waals surface area contributed by atoms with Crippen molar-refractivity contribution in [3.05, 3.63) is 0 Å². The Balaban J connectivity index is 1.39. The third-order valence-electron chi connectivity index (χ3n) is 5.83. The lowest BCUT2D eigenvalue weighted by molar-refractivity contribution is -0.157. The monoisotopic (exact) mass is 304 g/mol. The van der Waals surface area contributed by atoms with Crippen molar-refractivity contribution in [2.75, 3.05) is 13.1 Å². The molecule has 4 nitrogen and oxygen atoms in total. The minimum atomic E-state index is 0.000937. The third kappa shape index (κ3) is 3.81. The average molecular weight is 304 g/mol. The smallest absolute Gasteiger partial charge is 0.309 e. The molecule has 1 saturated heterocycles. The highest BCUT2D eigenvalue weighted by atomic mass is 16.5. The minimum Gasteiger partial charge on any atom is -0.462 e. The van der Waals surface area contributed by atoms with Crippen LogP contribution in [0.15, 0.2) is 0 Å². The Morgan fingerprint density at radius 1 is 0.955 bits per heavy atom. The summed E-state index contributed by atoms with van der Waals surface area (Å²) in [5.41, 5.74) is 0. The van der Waals surface area contributed by atoms with Crippen LogP contribution < -0.4 is 0 Å². The van der Waals surface area contributed by atoms with Gasteiger partial charge in [-0.15, -0.1) is 0 Å². The van der Waals surface area contributed by atoms with Gasteiger partial charge in [0.2, 0.25) is 0 Å². The van der Waals surface area contributed by atoms with Crippen LogP contribution >= 0.6 is 0 Å². The molecule has 0 aromatic carbocycles. The van der Waals surface area contributed by atoms with Crippen LogP contribution in [0.5, 0.6) is 0 Å². The molecular formula is C18H28N2O2. The molecule has 2 aliphatic carbocycles. The van der Waals surface area contributed by atoms with Crippen LogP contribution in [0.1, 0.15) is 64.2 Å². The summed E-state index contributed by atoms with van der Waals surface area (Å²) in [5, 5.41) is 8.92. The van der Waals surface area contributed by atoms with Crippen LogP contribution in [-0.2, 0) is 9.53 Å². The van der Waals surface area contributed by atoms with Gasteiger partial charge in [0.25, 0.3) is 0 Å². The third-order valence-corrected chi connectivity index (χ3v) is 5.83. The Morgan fingerprint density at radius 2 is 1.59 bits per heavy atom. The maximum atomic E-state index is 12.3. The van der Waals surface area contributed by atoms with Gasteiger partial charge in [-0.2, -0.15) is 5.26 Å². The summed E-state index contributed by atoms with van der Waals surface area (Å²) in [7, 11) is 0. The van der Waals surface area contributed by atoms with Crippen molar-refractivity contribution in [2.24, 2.45) is 11.8 Å². The highest BCUT2D eigenvalue weighted by Crippen LogP contribution is 2.32. The number of nitrogens with zero attached hydrogens (tertiary/aromatic N) is 2. The Morgan fingerprint density at radius 3 is 2.18 bits per heavy atom. The molecule has 22 heavy (non-hydrogen) atoms. The number of esters is 1. The Bertz CT molecular complexity index is 409. The summed E-state index contributed by atoms with van der Waals surface area (Å²) in [4.78, 5) is 14.9. The SMILES string of the molecule is N#CC1CCC(C(=O)OC2CCC(N3CCCC3)CC2)CC1. The largest absolute Gasteiger partial charge is 0.462 e. The van der Waals surface area contributed by atoms with Crippen LogP contribution in [-0.4, -0.2) is 36.1 Å². The van der Waals surface area contributed by atoms with E-state index in [1.54, 1.807) is 0 Å². The predicted molar refractivity (Wildman–Crippen MR) is 84.0 cm³/mol. The molecule has 3 fully saturated rings. The van der Waals surface area contributed by atoms with Crippen LogP contribution in [0.25, 0.3) is 0 Å². The van der Waals surface area contributed by atoms with Crippen molar-refractivity contribution in [3.63, 3.8) is 0 Å². The molecule has 1 aliphatic heterocycles. The average Bonchev–Trinajstić information content (AvgIpc) is 3.10. The Hall–Kier alpha value is -1.08. The molecular weight excluding hydrogens is 276 g/mol. The van der Waals surface area contributed by atoms with Gasteiger partial charge in [0.1, 0.15) is 6.10 Å². The maximum Gasteiger partial charge on any atom is 0.309 e. The number of carbonyl (C=O) groups is 1. The molecule has 0 radical (unpaired) electrons. The molecule has 122 valence electrons. The molecule has 0 N–H and O–H groups in total. The van der Waals surface area contributed by atoms with Crippen molar-refractivity contribution in [3.8, 4) is 6.07 Å². The molecule has 0 amide bonds. The van der Waals surface area contributed by atoms with Crippen LogP contribution in [0, 0.1) is 23.2 Å². The highest BCUT2D eigenvalue weighted by molar-refractivity contribution is 5.72. The first-order chi connectivity index (χ1) is 10.8. The molecule has 2 saturated carbocycles. The lowest BCUT2D eigenvalue weighted by Gasteiger charge is -2.35. The van der Waals surface area contributed by atoms with E-state index < -0.39 is 0 Å². The van der Waals surface area contributed by atoms with Gasteiger partial charge in [0, 0.05) is 12.0 Å². The number of hydrogen-bond donors (Lipinski definition) is 0. The quantitative estimate of drug-likeness (QED) is 0.751. The van der Waals surface area contributed by atoms with Gasteiger partial charge < -0.3 is 9.64 Å². The molecule has 1 heterocycles. The predicted octanol–water partition coefficient (Wildman–Crippen LogP) is 3.27. The fourth-order valence-electron chi connectivity index (χ4n) is 4.35. The van der Waals surface area contributed by atoms with Gasteiger partial charge in [0.15, 0.2) is 0 Å². The first-order valence-electron chi connectivity index (χ1n) is 9.10. The van der Waals surface area contributed by atoms with E-state index in [4.69, 9.17) is 10.00 Å². The Labute approximate surface area is 133 Å². The van der Waals surface area contributed by atoms with E-state index >= 15 is 0 Å². The first-order valence-corrected chi connectivity index (χ1v) is 9.10. The minimum absolute atomic E-state index is 0.000937. The summed E-state index contributed by atoms with van der Waals surface area (Å²) in [6.07, 6.45) is 10.6. The molecule has 4 heteroatoms. The molecule has 3 rings (SSSR count). The number of rotatable bonds is 3. The van der Waals surface area contributed by atoms with Crippen molar-refractivity contribution in [2.45, 2.75) is 76.4 Å². The summed E-state index contributed by atoms with van der Waals surface area (Å²) in [6, 6.07) is 3.05. The molecule has 0 atom stereocenters. The summed E-state index contributed by atoms with van der Waals surface area (Å²) in [5.74, 6) is 0.196. The molecule has 0 unspecified atom stereocenters. The summed E-state index contributed by atoms with van der Waals surface area (Å²) >= 11 is 0. The highest BCUT2D eigenvalue weighted by Gasteiger charge is 2.32. The van der Waals surface area contributed by atoms with Crippen molar-refractivity contribution in [1.82, 2.24) is 4.90 Å². The van der Waals surface area contributed by atoms with Gasteiger partial charge in [0.05, 0.1) is 12.0 Å². The zero-order valence-electron chi connectivity index (χ0n) is 13.5. The topological polar surface area (TPSA) is 53.3 Å². The van der Waals surface area contributed by atoms with Crippen molar-refractivity contribution >= 4 is 5.97 Å². The molecule has 0 aromatic rings. The van der Waals surface area contributed by atoms with E-state index in [1.165, 1.54) is 38.8 Å². The lowest BCUT2D eigenvalue weighted by Crippen LogP contribution is -2.38. The molecule has 0 spiro atoms. The van der Waals surface area contributed by atoms with E-state index in [0.717, 1.165) is 44.6 Å². The second-order valence-corrected chi connectivity index (χ2v) is 7.29. The van der Waals surface area contributed by atoms with Crippen LogP contribution in [0.3, 0.4) is 0 Å². The standard InChI is InChI=1S/C18H28N2O2/c19-13-14-3-5-15(6-4-14)18(21)22-17-9-7-16(8-10-17)20-11-1-2-12-20/h14-17H,1-12H2. The normalized spacial score (nSPS) is 36.7. The van der Waals surface area contributed by atoms with Gasteiger partial charge in [-0.3, -0.25) is 4.79 Å². The van der Waals surface area contributed by atoms with Crippen molar-refractivity contribution < 1.29 is 9.53 Å². The molecule has 0 bridgehead atoms. The van der Waals surface area contributed by atoms with E-state index in [1.807, 2.05) is 0 Å². The lowest BCUT2D eigenvalue weighted by atomic mass is 9.82. The van der Waals surface area contributed by atoms with Gasteiger partial charge in [-0.25, -0.2) is 0 Å². The number of ether oxygens (including phenoxy) is 1. The fraction of sp³-hybridized carbons (Fsp3) is 0.889. The summed E-state index contributed by atoms with van der Waals surface area (Å²) < 4.78 is 5.77.